The maximum atomic E-state index is 13.4. The molecule has 0 unspecified atom stereocenters. The number of carbonyl (C=O) groups excluding carboxylic acids is 1. The standard InChI is InChI=1S/C12H12BrF4NO3/c13-8-1-2-10(9(14)5-8)21-6-11(19)18-3-4-20-7-12(15,16)17/h1-2,5H,3-4,6-7H2,(H,18,19). The lowest BCUT2D eigenvalue weighted by atomic mass is 10.3. The molecule has 0 aliphatic heterocycles. The number of hydrogen-bond donors (Lipinski definition) is 1. The lowest BCUT2D eigenvalue weighted by molar-refractivity contribution is -0.173. The van der Waals surface area contributed by atoms with E-state index in [2.05, 4.69) is 26.0 Å². The van der Waals surface area contributed by atoms with Crippen molar-refractivity contribution in [1.29, 1.82) is 0 Å². The van der Waals surface area contributed by atoms with Gasteiger partial charge in [0.2, 0.25) is 0 Å². The number of rotatable bonds is 7. The number of halogens is 5. The number of nitrogens with one attached hydrogen (secondary N) is 1. The van der Waals surface area contributed by atoms with E-state index in [1.807, 2.05) is 0 Å². The first-order valence-electron chi connectivity index (χ1n) is 5.77. The van der Waals surface area contributed by atoms with Crippen LogP contribution in [0.4, 0.5) is 17.6 Å². The summed E-state index contributed by atoms with van der Waals surface area (Å²) in [5, 5.41) is 2.28. The molecular formula is C12H12BrF4NO3. The van der Waals surface area contributed by atoms with Gasteiger partial charge in [-0.1, -0.05) is 15.9 Å². The van der Waals surface area contributed by atoms with Gasteiger partial charge in [0.25, 0.3) is 5.91 Å². The third-order valence-electron chi connectivity index (χ3n) is 2.09. The van der Waals surface area contributed by atoms with Crippen molar-refractivity contribution in [1.82, 2.24) is 5.32 Å². The van der Waals surface area contributed by atoms with E-state index in [9.17, 15) is 22.4 Å². The lowest BCUT2D eigenvalue weighted by Gasteiger charge is -2.09. The molecule has 0 aromatic heterocycles. The molecule has 1 N–H and O–H groups in total. The highest BCUT2D eigenvalue weighted by Crippen LogP contribution is 2.21. The SMILES string of the molecule is O=C(COc1ccc(Br)cc1F)NCCOCC(F)(F)F. The van der Waals surface area contributed by atoms with Crippen LogP contribution in [0.15, 0.2) is 22.7 Å². The quantitative estimate of drug-likeness (QED) is 0.590. The van der Waals surface area contributed by atoms with Gasteiger partial charge in [0.1, 0.15) is 6.61 Å². The van der Waals surface area contributed by atoms with Crippen molar-refractivity contribution in [2.75, 3.05) is 26.4 Å². The Bertz CT molecular complexity index is 482. The van der Waals surface area contributed by atoms with Crippen molar-refractivity contribution in [3.05, 3.63) is 28.5 Å². The molecule has 0 heterocycles. The van der Waals surface area contributed by atoms with E-state index in [1.54, 1.807) is 6.07 Å². The number of alkyl halides is 3. The van der Waals surface area contributed by atoms with Crippen LogP contribution >= 0.6 is 15.9 Å². The van der Waals surface area contributed by atoms with Crippen molar-refractivity contribution < 1.29 is 31.8 Å². The van der Waals surface area contributed by atoms with E-state index < -0.39 is 31.1 Å². The van der Waals surface area contributed by atoms with Crippen LogP contribution in [0.5, 0.6) is 5.75 Å². The minimum atomic E-state index is -4.40. The second-order valence-electron chi connectivity index (χ2n) is 3.88. The van der Waals surface area contributed by atoms with Crippen molar-refractivity contribution >= 4 is 21.8 Å². The fourth-order valence-corrected chi connectivity index (χ4v) is 1.57. The summed E-state index contributed by atoms with van der Waals surface area (Å²) in [5.74, 6) is -1.32. The number of benzene rings is 1. The fraction of sp³-hybridized carbons (Fsp3) is 0.417. The summed E-state index contributed by atoms with van der Waals surface area (Å²) in [5.41, 5.74) is 0. The minimum Gasteiger partial charge on any atom is -0.481 e. The molecule has 0 aliphatic rings. The molecule has 1 aromatic carbocycles. The van der Waals surface area contributed by atoms with Gasteiger partial charge in [-0.05, 0) is 18.2 Å². The predicted molar refractivity (Wildman–Crippen MR) is 69.5 cm³/mol. The van der Waals surface area contributed by atoms with Crippen LogP contribution in [0.3, 0.4) is 0 Å². The van der Waals surface area contributed by atoms with Gasteiger partial charge >= 0.3 is 6.18 Å². The molecule has 0 radical (unpaired) electrons. The van der Waals surface area contributed by atoms with Gasteiger partial charge in [0.15, 0.2) is 18.2 Å². The molecule has 0 aliphatic carbocycles. The van der Waals surface area contributed by atoms with Gasteiger partial charge in [-0.3, -0.25) is 4.79 Å². The molecule has 4 nitrogen and oxygen atoms in total. The Morgan fingerprint density at radius 3 is 2.67 bits per heavy atom. The van der Waals surface area contributed by atoms with Crippen LogP contribution in [0.2, 0.25) is 0 Å². The Kier molecular flexibility index (Phi) is 6.90. The van der Waals surface area contributed by atoms with Gasteiger partial charge in [-0.15, -0.1) is 0 Å². The Morgan fingerprint density at radius 1 is 1.33 bits per heavy atom. The third kappa shape index (κ3) is 7.86. The first-order chi connectivity index (χ1) is 9.78. The molecule has 0 spiro atoms. The van der Waals surface area contributed by atoms with Gasteiger partial charge in [-0.25, -0.2) is 4.39 Å². The maximum Gasteiger partial charge on any atom is 0.411 e. The normalized spacial score (nSPS) is 11.3. The highest BCUT2D eigenvalue weighted by atomic mass is 79.9. The Labute approximate surface area is 126 Å². The van der Waals surface area contributed by atoms with Crippen LogP contribution in [-0.4, -0.2) is 38.4 Å². The van der Waals surface area contributed by atoms with Crippen molar-refractivity contribution in [2.24, 2.45) is 0 Å². The van der Waals surface area contributed by atoms with Gasteiger partial charge in [0, 0.05) is 11.0 Å². The third-order valence-corrected chi connectivity index (χ3v) is 2.58. The fourth-order valence-electron chi connectivity index (χ4n) is 1.24. The van der Waals surface area contributed by atoms with E-state index >= 15 is 0 Å². The molecule has 0 saturated heterocycles. The molecule has 0 atom stereocenters. The average molecular weight is 374 g/mol. The summed E-state index contributed by atoms with van der Waals surface area (Å²) in [7, 11) is 0. The topological polar surface area (TPSA) is 47.6 Å². The van der Waals surface area contributed by atoms with Crippen molar-refractivity contribution in [3.8, 4) is 5.75 Å². The van der Waals surface area contributed by atoms with Gasteiger partial charge in [0.05, 0.1) is 6.61 Å². The molecule has 0 fully saturated rings. The number of carbonyl (C=O) groups is 1. The van der Waals surface area contributed by atoms with Gasteiger partial charge < -0.3 is 14.8 Å². The second-order valence-corrected chi connectivity index (χ2v) is 4.80. The average Bonchev–Trinajstić information content (AvgIpc) is 2.36. The predicted octanol–water partition coefficient (Wildman–Crippen LogP) is 2.66. The summed E-state index contributed by atoms with van der Waals surface area (Å²) in [6.45, 7) is -2.19. The Morgan fingerprint density at radius 2 is 2.05 bits per heavy atom. The zero-order valence-electron chi connectivity index (χ0n) is 10.7. The zero-order valence-corrected chi connectivity index (χ0v) is 12.3. The molecule has 21 heavy (non-hydrogen) atoms. The molecular weight excluding hydrogens is 362 g/mol. The summed E-state index contributed by atoms with van der Waals surface area (Å²) in [6.07, 6.45) is -4.40. The summed E-state index contributed by atoms with van der Waals surface area (Å²) >= 11 is 3.07. The van der Waals surface area contributed by atoms with E-state index in [1.165, 1.54) is 12.1 Å². The Hall–Kier alpha value is -1.35. The highest BCUT2D eigenvalue weighted by molar-refractivity contribution is 9.10. The molecule has 0 bridgehead atoms. The zero-order chi connectivity index (χ0) is 15.9. The molecule has 1 aromatic rings. The smallest absolute Gasteiger partial charge is 0.411 e. The largest absolute Gasteiger partial charge is 0.481 e. The first-order valence-corrected chi connectivity index (χ1v) is 6.56. The molecule has 1 amide bonds. The highest BCUT2D eigenvalue weighted by Gasteiger charge is 2.27. The molecule has 0 saturated carbocycles. The number of hydrogen-bond acceptors (Lipinski definition) is 3. The summed E-state index contributed by atoms with van der Waals surface area (Å²) in [4.78, 5) is 11.3. The summed E-state index contributed by atoms with van der Waals surface area (Å²) in [6, 6.07) is 4.07. The molecule has 118 valence electrons. The van der Waals surface area contributed by atoms with Crippen LogP contribution in [0.25, 0.3) is 0 Å². The van der Waals surface area contributed by atoms with E-state index in [-0.39, 0.29) is 18.9 Å². The van der Waals surface area contributed by atoms with Crippen LogP contribution < -0.4 is 10.1 Å². The summed E-state index contributed by atoms with van der Waals surface area (Å²) < 4.78 is 58.3. The Balaban J connectivity index is 2.19. The molecule has 1 rings (SSSR count). The van der Waals surface area contributed by atoms with Crippen molar-refractivity contribution in [2.45, 2.75) is 6.18 Å². The first kappa shape index (κ1) is 17.7. The van der Waals surface area contributed by atoms with Crippen LogP contribution in [-0.2, 0) is 9.53 Å². The number of ether oxygens (including phenoxy) is 2. The van der Waals surface area contributed by atoms with E-state index in [0.717, 1.165) is 0 Å². The van der Waals surface area contributed by atoms with E-state index in [4.69, 9.17) is 4.74 Å². The monoisotopic (exact) mass is 373 g/mol. The maximum absolute atomic E-state index is 13.4. The van der Waals surface area contributed by atoms with Crippen LogP contribution in [0, 0.1) is 5.82 Å². The lowest BCUT2D eigenvalue weighted by Crippen LogP contribution is -2.32. The van der Waals surface area contributed by atoms with Gasteiger partial charge in [-0.2, -0.15) is 13.2 Å². The van der Waals surface area contributed by atoms with E-state index in [0.29, 0.717) is 4.47 Å². The van der Waals surface area contributed by atoms with Crippen molar-refractivity contribution in [3.63, 3.8) is 0 Å². The second kappa shape index (κ2) is 8.18. The molecule has 9 heteroatoms. The van der Waals surface area contributed by atoms with Crippen LogP contribution in [0.1, 0.15) is 0 Å². The number of amides is 1. The minimum absolute atomic E-state index is 0.0957.